The second-order valence-electron chi connectivity index (χ2n) is 8.76. The van der Waals surface area contributed by atoms with Crippen LogP contribution in [0.25, 0.3) is 0 Å². The highest BCUT2D eigenvalue weighted by Crippen LogP contribution is 2.28. The lowest BCUT2D eigenvalue weighted by Crippen LogP contribution is -2.34. The fourth-order valence-electron chi connectivity index (χ4n) is 4.70. The van der Waals surface area contributed by atoms with Gasteiger partial charge in [-0.15, -0.1) is 0 Å². The van der Waals surface area contributed by atoms with E-state index in [1.165, 1.54) is 13.3 Å². The van der Waals surface area contributed by atoms with Crippen LogP contribution in [0, 0.1) is 0 Å². The fraction of sp³-hybridized carbons (Fsp3) is 0.520. The Bertz CT molecular complexity index is 904. The van der Waals surface area contributed by atoms with Crippen LogP contribution in [0.1, 0.15) is 44.7 Å². The van der Waals surface area contributed by atoms with Crippen LogP contribution < -0.4 is 19.9 Å². The van der Waals surface area contributed by atoms with Crippen LogP contribution in [0.15, 0.2) is 42.5 Å². The molecule has 7 heteroatoms. The monoisotopic (exact) mass is 438 g/mol. The summed E-state index contributed by atoms with van der Waals surface area (Å²) < 4.78 is 11.6. The van der Waals surface area contributed by atoms with Crippen LogP contribution >= 0.6 is 0 Å². The molecule has 2 aliphatic heterocycles. The highest BCUT2D eigenvalue weighted by Gasteiger charge is 2.28. The Morgan fingerprint density at radius 1 is 1.16 bits per heavy atom. The zero-order chi connectivity index (χ0) is 22.5. The highest BCUT2D eigenvalue weighted by molar-refractivity contribution is 5.73. The summed E-state index contributed by atoms with van der Waals surface area (Å²) in [5.74, 6) is 2.88. The molecule has 0 aliphatic carbocycles. The van der Waals surface area contributed by atoms with Gasteiger partial charge < -0.3 is 24.6 Å². The zero-order valence-corrected chi connectivity index (χ0v) is 19.3. The molecule has 4 rings (SSSR count). The molecule has 2 aromatic rings. The number of ether oxygens (including phenoxy) is 2. The average molecular weight is 439 g/mol. The molecular weight excluding hydrogens is 404 g/mol. The lowest BCUT2D eigenvalue weighted by Gasteiger charge is -2.26. The minimum Gasteiger partial charge on any atom is -0.489 e. The van der Waals surface area contributed by atoms with Crippen LogP contribution in [0.3, 0.4) is 0 Å². The molecule has 0 spiro atoms. The molecule has 3 heterocycles. The molecule has 1 aromatic carbocycles. The van der Waals surface area contributed by atoms with Gasteiger partial charge in [-0.3, -0.25) is 4.79 Å². The number of aromatic nitrogens is 1. The third-order valence-electron chi connectivity index (χ3n) is 6.32. The summed E-state index contributed by atoms with van der Waals surface area (Å²) in [4.78, 5) is 20.9. The van der Waals surface area contributed by atoms with Gasteiger partial charge in [0, 0.05) is 33.5 Å². The van der Waals surface area contributed by atoms with Gasteiger partial charge in [0.05, 0.1) is 25.2 Å². The summed E-state index contributed by atoms with van der Waals surface area (Å²) in [5.41, 5.74) is 1.07. The highest BCUT2D eigenvalue weighted by atomic mass is 16.5. The Morgan fingerprint density at radius 3 is 2.69 bits per heavy atom. The van der Waals surface area contributed by atoms with Gasteiger partial charge in [0.1, 0.15) is 23.5 Å². The Labute approximate surface area is 190 Å². The number of nitrogens with zero attached hydrogens (tertiary/aromatic N) is 3. The molecule has 0 unspecified atom stereocenters. The van der Waals surface area contributed by atoms with E-state index in [2.05, 4.69) is 33.3 Å². The first-order chi connectivity index (χ1) is 15.5. The maximum Gasteiger partial charge on any atom is 0.217 e. The summed E-state index contributed by atoms with van der Waals surface area (Å²) >= 11 is 0. The third-order valence-corrected chi connectivity index (χ3v) is 6.32. The molecule has 0 saturated carbocycles. The van der Waals surface area contributed by atoms with E-state index in [0.29, 0.717) is 6.04 Å². The largest absolute Gasteiger partial charge is 0.489 e. The molecular formula is C25H34N4O3. The SMILES string of the molecule is COC[C@@H]1CCCN1c1cccc(N2CC[C@@H](Oc3ccc([C@H](C)NC(C)=O)cc3)C2)n1. The predicted molar refractivity (Wildman–Crippen MR) is 126 cm³/mol. The van der Waals surface area contributed by atoms with E-state index in [4.69, 9.17) is 14.5 Å². The van der Waals surface area contributed by atoms with E-state index in [0.717, 1.165) is 62.0 Å². The van der Waals surface area contributed by atoms with Crippen molar-refractivity contribution in [2.75, 3.05) is 43.2 Å². The first kappa shape index (κ1) is 22.4. The lowest BCUT2D eigenvalue weighted by molar-refractivity contribution is -0.119. The first-order valence-corrected chi connectivity index (χ1v) is 11.5. The van der Waals surface area contributed by atoms with Crippen molar-refractivity contribution in [3.8, 4) is 5.75 Å². The molecule has 2 fully saturated rings. The number of nitrogens with one attached hydrogen (secondary N) is 1. The van der Waals surface area contributed by atoms with Crippen LogP contribution in [0.5, 0.6) is 5.75 Å². The number of benzene rings is 1. The maximum atomic E-state index is 11.3. The zero-order valence-electron chi connectivity index (χ0n) is 19.3. The molecule has 1 aromatic heterocycles. The Hall–Kier alpha value is -2.80. The van der Waals surface area contributed by atoms with Crippen molar-refractivity contribution in [2.24, 2.45) is 0 Å². The molecule has 1 amide bonds. The normalized spacial score (nSPS) is 21.6. The second-order valence-corrected chi connectivity index (χ2v) is 8.76. The van der Waals surface area contributed by atoms with Crippen molar-refractivity contribution in [3.63, 3.8) is 0 Å². The number of anilines is 2. The second kappa shape index (κ2) is 10.2. The summed E-state index contributed by atoms with van der Waals surface area (Å²) in [6, 6.07) is 14.7. The van der Waals surface area contributed by atoms with Crippen molar-refractivity contribution in [1.29, 1.82) is 0 Å². The van der Waals surface area contributed by atoms with Gasteiger partial charge in [0.15, 0.2) is 0 Å². The van der Waals surface area contributed by atoms with Crippen molar-refractivity contribution < 1.29 is 14.3 Å². The number of methoxy groups -OCH3 is 1. The lowest BCUT2D eigenvalue weighted by atomic mass is 10.1. The Kier molecular flexibility index (Phi) is 7.15. The number of carbonyl (C=O) groups is 1. The summed E-state index contributed by atoms with van der Waals surface area (Å²) in [7, 11) is 1.77. The van der Waals surface area contributed by atoms with Crippen molar-refractivity contribution in [2.45, 2.75) is 51.3 Å². The van der Waals surface area contributed by atoms with Gasteiger partial charge in [-0.25, -0.2) is 4.98 Å². The van der Waals surface area contributed by atoms with Gasteiger partial charge in [-0.05, 0) is 49.6 Å². The van der Waals surface area contributed by atoms with E-state index >= 15 is 0 Å². The molecule has 3 atom stereocenters. The molecule has 7 nitrogen and oxygen atoms in total. The fourth-order valence-corrected chi connectivity index (χ4v) is 4.70. The standard InChI is InChI=1S/C25H34N4O3/c1-18(26-19(2)30)20-9-11-22(12-10-20)32-23-13-15-28(16-23)24-7-4-8-25(27-24)29-14-5-6-21(29)17-31-3/h4,7-12,18,21,23H,5-6,13-17H2,1-3H3,(H,26,30)/t18-,21-,23+/m0/s1. The molecule has 32 heavy (non-hydrogen) atoms. The van der Waals surface area contributed by atoms with Gasteiger partial charge in [0.25, 0.3) is 0 Å². The summed E-state index contributed by atoms with van der Waals surface area (Å²) in [6.07, 6.45) is 3.43. The minimum atomic E-state index is -0.0273. The number of amides is 1. The smallest absolute Gasteiger partial charge is 0.217 e. The Morgan fingerprint density at radius 2 is 1.94 bits per heavy atom. The summed E-state index contributed by atoms with van der Waals surface area (Å²) in [5, 5.41) is 2.91. The minimum absolute atomic E-state index is 0.0130. The predicted octanol–water partition coefficient (Wildman–Crippen LogP) is 3.55. The topological polar surface area (TPSA) is 66.9 Å². The van der Waals surface area contributed by atoms with E-state index < -0.39 is 0 Å². The van der Waals surface area contributed by atoms with Crippen LogP contribution in [0.2, 0.25) is 0 Å². The average Bonchev–Trinajstić information content (AvgIpc) is 3.44. The Balaban J connectivity index is 1.35. The molecule has 0 bridgehead atoms. The van der Waals surface area contributed by atoms with E-state index in [1.807, 2.05) is 31.2 Å². The number of rotatable bonds is 8. The van der Waals surface area contributed by atoms with E-state index in [1.54, 1.807) is 7.11 Å². The van der Waals surface area contributed by atoms with Crippen molar-refractivity contribution in [3.05, 3.63) is 48.0 Å². The quantitative estimate of drug-likeness (QED) is 0.680. The molecule has 0 radical (unpaired) electrons. The number of hydrogen-bond donors (Lipinski definition) is 1. The maximum absolute atomic E-state index is 11.3. The number of pyridine rings is 1. The molecule has 2 saturated heterocycles. The van der Waals surface area contributed by atoms with Gasteiger partial charge in [-0.2, -0.15) is 0 Å². The summed E-state index contributed by atoms with van der Waals surface area (Å²) in [6.45, 7) is 7.04. The van der Waals surface area contributed by atoms with Crippen LogP contribution in [-0.4, -0.2) is 56.4 Å². The molecule has 2 aliphatic rings. The molecule has 1 N–H and O–H groups in total. The number of hydrogen-bond acceptors (Lipinski definition) is 6. The van der Waals surface area contributed by atoms with Crippen molar-refractivity contribution in [1.82, 2.24) is 10.3 Å². The van der Waals surface area contributed by atoms with Gasteiger partial charge in [0.2, 0.25) is 5.91 Å². The molecule has 172 valence electrons. The van der Waals surface area contributed by atoms with Gasteiger partial charge in [-0.1, -0.05) is 18.2 Å². The third kappa shape index (κ3) is 5.33. The van der Waals surface area contributed by atoms with Crippen LogP contribution in [0.4, 0.5) is 11.6 Å². The van der Waals surface area contributed by atoms with Crippen molar-refractivity contribution >= 4 is 17.5 Å². The van der Waals surface area contributed by atoms with E-state index in [-0.39, 0.29) is 18.1 Å². The van der Waals surface area contributed by atoms with E-state index in [9.17, 15) is 4.79 Å². The first-order valence-electron chi connectivity index (χ1n) is 11.5. The van der Waals surface area contributed by atoms with Crippen LogP contribution in [-0.2, 0) is 9.53 Å². The number of carbonyl (C=O) groups excluding carboxylic acids is 1. The van der Waals surface area contributed by atoms with Gasteiger partial charge >= 0.3 is 0 Å².